The van der Waals surface area contributed by atoms with Crippen LogP contribution >= 0.6 is 0 Å². The van der Waals surface area contributed by atoms with E-state index < -0.39 is 9.84 Å². The lowest BCUT2D eigenvalue weighted by molar-refractivity contribution is 0.543. The van der Waals surface area contributed by atoms with E-state index in [4.69, 9.17) is 0 Å². The smallest absolute Gasteiger partial charge is 0.178 e. The lowest BCUT2D eigenvalue weighted by atomic mass is 9.93. The average Bonchev–Trinajstić information content (AvgIpc) is 3.08. The zero-order valence-corrected chi connectivity index (χ0v) is 15.7. The summed E-state index contributed by atoms with van der Waals surface area (Å²) in [6, 6.07) is 7.71. The highest BCUT2D eigenvalue weighted by atomic mass is 32.2. The van der Waals surface area contributed by atoms with Gasteiger partial charge in [-0.3, -0.25) is 0 Å². The summed E-state index contributed by atoms with van der Waals surface area (Å²) in [5, 5.41) is 4.47. The monoisotopic (exact) mass is 370 g/mol. The minimum atomic E-state index is -3.13. The van der Waals surface area contributed by atoms with Crippen LogP contribution in [0, 0.1) is 5.92 Å². The summed E-state index contributed by atoms with van der Waals surface area (Å²) in [7, 11) is -3.13. The topological polar surface area (TPSA) is 87.7 Å². The van der Waals surface area contributed by atoms with Crippen molar-refractivity contribution in [2.24, 2.45) is 5.92 Å². The minimum Gasteiger partial charge on any atom is -0.362 e. The molecule has 2 aromatic heterocycles. The third kappa shape index (κ3) is 2.96. The fourth-order valence-corrected chi connectivity index (χ4v) is 5.20. The van der Waals surface area contributed by atoms with Crippen molar-refractivity contribution in [3.63, 3.8) is 0 Å². The molecule has 1 aromatic carbocycles. The van der Waals surface area contributed by atoms with E-state index in [1.807, 2.05) is 24.4 Å². The van der Waals surface area contributed by atoms with Crippen molar-refractivity contribution in [3.8, 4) is 0 Å². The van der Waals surface area contributed by atoms with Crippen LogP contribution in [0.2, 0.25) is 0 Å². The van der Waals surface area contributed by atoms with Crippen LogP contribution in [0.15, 0.2) is 41.7 Å². The number of rotatable bonds is 4. The molecule has 1 aliphatic heterocycles. The summed E-state index contributed by atoms with van der Waals surface area (Å²) in [6.07, 6.45) is 4.88. The second kappa shape index (κ2) is 6.39. The van der Waals surface area contributed by atoms with Gasteiger partial charge in [-0.25, -0.2) is 18.4 Å². The number of anilines is 1. The molecule has 0 saturated carbocycles. The molecule has 7 heteroatoms. The number of H-pyrrole nitrogens is 1. The molecule has 1 atom stereocenters. The molecule has 3 aromatic rings. The summed E-state index contributed by atoms with van der Waals surface area (Å²) < 4.78 is 24.5. The Hall–Kier alpha value is -2.41. The van der Waals surface area contributed by atoms with Crippen LogP contribution in [0.5, 0.6) is 0 Å². The molecule has 6 nitrogen and oxygen atoms in total. The standard InChI is InChI=1S/C19H22N4O2S/c1-12(2)17(23-19-15-7-8-20-18(15)21-11-22-19)14-5-6-16-13(10-14)4-3-9-26(16,24)25/h5-8,10-12,17H,3-4,9H2,1-2H3,(H2,20,21,22,23)/t17-/m1/s1. The maximum absolute atomic E-state index is 12.3. The first-order valence-corrected chi connectivity index (χ1v) is 10.5. The predicted molar refractivity (Wildman–Crippen MR) is 102 cm³/mol. The molecule has 0 spiro atoms. The summed E-state index contributed by atoms with van der Waals surface area (Å²) in [4.78, 5) is 12.2. The number of aromatic amines is 1. The average molecular weight is 370 g/mol. The number of sulfone groups is 1. The van der Waals surface area contributed by atoms with Gasteiger partial charge in [-0.2, -0.15) is 0 Å². The fraction of sp³-hybridized carbons (Fsp3) is 0.368. The molecule has 4 rings (SSSR count). The largest absolute Gasteiger partial charge is 0.362 e. The highest BCUT2D eigenvalue weighted by Gasteiger charge is 2.25. The molecule has 0 saturated heterocycles. The number of hydrogen-bond acceptors (Lipinski definition) is 5. The quantitative estimate of drug-likeness (QED) is 0.734. The second-order valence-electron chi connectivity index (χ2n) is 7.12. The lowest BCUT2D eigenvalue weighted by Crippen LogP contribution is -2.20. The number of aromatic nitrogens is 3. The normalized spacial score (nSPS) is 17.2. The van der Waals surface area contributed by atoms with Gasteiger partial charge >= 0.3 is 0 Å². The van der Waals surface area contributed by atoms with Crippen molar-refractivity contribution >= 4 is 26.7 Å². The third-order valence-corrected chi connectivity index (χ3v) is 6.85. The summed E-state index contributed by atoms with van der Waals surface area (Å²) in [6.45, 7) is 4.28. The van der Waals surface area contributed by atoms with Crippen LogP contribution < -0.4 is 5.32 Å². The van der Waals surface area contributed by atoms with Gasteiger partial charge in [-0.15, -0.1) is 0 Å². The molecule has 0 unspecified atom stereocenters. The number of aryl methyl sites for hydroxylation is 1. The van der Waals surface area contributed by atoms with Crippen molar-refractivity contribution < 1.29 is 8.42 Å². The molecule has 26 heavy (non-hydrogen) atoms. The number of nitrogens with zero attached hydrogens (tertiary/aromatic N) is 2. The highest BCUT2D eigenvalue weighted by Crippen LogP contribution is 2.32. The van der Waals surface area contributed by atoms with Crippen molar-refractivity contribution in [2.45, 2.75) is 37.6 Å². The van der Waals surface area contributed by atoms with E-state index in [1.54, 1.807) is 6.07 Å². The van der Waals surface area contributed by atoms with E-state index in [2.05, 4.69) is 34.1 Å². The van der Waals surface area contributed by atoms with Gasteiger partial charge in [-0.1, -0.05) is 26.0 Å². The molecule has 0 radical (unpaired) electrons. The van der Waals surface area contributed by atoms with Gasteiger partial charge < -0.3 is 10.3 Å². The van der Waals surface area contributed by atoms with Crippen molar-refractivity contribution in [2.75, 3.05) is 11.1 Å². The summed E-state index contributed by atoms with van der Waals surface area (Å²) in [5.74, 6) is 1.33. The fourth-order valence-electron chi connectivity index (χ4n) is 3.62. The number of benzene rings is 1. The van der Waals surface area contributed by atoms with Gasteiger partial charge in [0, 0.05) is 6.20 Å². The molecular formula is C19H22N4O2S. The van der Waals surface area contributed by atoms with Crippen molar-refractivity contribution in [1.29, 1.82) is 0 Å². The van der Waals surface area contributed by atoms with Crippen molar-refractivity contribution in [1.82, 2.24) is 15.0 Å². The maximum atomic E-state index is 12.3. The third-order valence-electron chi connectivity index (χ3n) is 4.95. The zero-order chi connectivity index (χ0) is 18.3. The number of hydrogen-bond donors (Lipinski definition) is 2. The Bertz CT molecular complexity index is 1060. The van der Waals surface area contributed by atoms with Crippen LogP contribution in [0.3, 0.4) is 0 Å². The molecule has 0 bridgehead atoms. The molecule has 0 fully saturated rings. The van der Waals surface area contributed by atoms with Gasteiger partial charge in [0.25, 0.3) is 0 Å². The Morgan fingerprint density at radius 2 is 2.04 bits per heavy atom. The minimum absolute atomic E-state index is 0.0259. The Kier molecular flexibility index (Phi) is 4.19. The van der Waals surface area contributed by atoms with E-state index in [9.17, 15) is 8.42 Å². The van der Waals surface area contributed by atoms with E-state index in [-0.39, 0.29) is 11.8 Å². The molecular weight excluding hydrogens is 348 g/mol. The van der Waals surface area contributed by atoms with Gasteiger partial charge in [-0.05, 0) is 42.0 Å². The maximum Gasteiger partial charge on any atom is 0.178 e. The van der Waals surface area contributed by atoms with Crippen LogP contribution in [0.4, 0.5) is 5.82 Å². The van der Waals surface area contributed by atoms with Gasteiger partial charge in [0.15, 0.2) is 9.84 Å². The SMILES string of the molecule is CC(C)[C@@H](Nc1ncnc2[nH]ccc12)c1ccc2c(c1)CCCS2(=O)=O. The lowest BCUT2D eigenvalue weighted by Gasteiger charge is -2.26. The molecule has 2 N–H and O–H groups in total. The van der Waals surface area contributed by atoms with Crippen LogP contribution in [-0.4, -0.2) is 29.1 Å². The van der Waals surface area contributed by atoms with Crippen LogP contribution in [0.25, 0.3) is 11.0 Å². The highest BCUT2D eigenvalue weighted by molar-refractivity contribution is 7.91. The van der Waals surface area contributed by atoms with Crippen LogP contribution in [0.1, 0.15) is 37.4 Å². The molecule has 0 aliphatic carbocycles. The van der Waals surface area contributed by atoms with Gasteiger partial charge in [0.1, 0.15) is 17.8 Å². The first kappa shape index (κ1) is 17.0. The van der Waals surface area contributed by atoms with Gasteiger partial charge in [0.05, 0.1) is 22.1 Å². The number of nitrogens with one attached hydrogen (secondary N) is 2. The Morgan fingerprint density at radius 1 is 1.19 bits per heavy atom. The predicted octanol–water partition coefficient (Wildman–Crippen LogP) is 3.49. The van der Waals surface area contributed by atoms with E-state index in [0.29, 0.717) is 17.2 Å². The van der Waals surface area contributed by atoms with E-state index >= 15 is 0 Å². The Morgan fingerprint density at radius 3 is 2.85 bits per heavy atom. The zero-order valence-electron chi connectivity index (χ0n) is 14.9. The first-order chi connectivity index (χ1) is 12.5. The molecule has 1 aliphatic rings. The van der Waals surface area contributed by atoms with E-state index in [1.165, 1.54) is 6.33 Å². The molecule has 136 valence electrons. The van der Waals surface area contributed by atoms with E-state index in [0.717, 1.165) is 34.4 Å². The summed E-state index contributed by atoms with van der Waals surface area (Å²) in [5.41, 5.74) is 2.80. The van der Waals surface area contributed by atoms with Crippen LogP contribution in [-0.2, 0) is 16.3 Å². The first-order valence-electron chi connectivity index (χ1n) is 8.86. The Labute approximate surface area is 153 Å². The summed E-state index contributed by atoms with van der Waals surface area (Å²) >= 11 is 0. The number of fused-ring (bicyclic) bond motifs is 2. The van der Waals surface area contributed by atoms with Crippen molar-refractivity contribution in [3.05, 3.63) is 47.9 Å². The Balaban J connectivity index is 1.73. The molecule has 0 amide bonds. The van der Waals surface area contributed by atoms with Gasteiger partial charge in [0.2, 0.25) is 0 Å². The molecule has 3 heterocycles. The second-order valence-corrected chi connectivity index (χ2v) is 9.20.